The number of ether oxygens (including phenoxy) is 2. The molecule has 0 heterocycles. The maximum atomic E-state index is 5.59. The van der Waals surface area contributed by atoms with Crippen molar-refractivity contribution in [2.75, 3.05) is 32.9 Å². The molecular formula is C15H24N2O2S. The van der Waals surface area contributed by atoms with E-state index in [1.807, 2.05) is 37.3 Å². The fourth-order valence-electron chi connectivity index (χ4n) is 1.56. The lowest BCUT2D eigenvalue weighted by Gasteiger charge is -2.11. The molecule has 4 nitrogen and oxygen atoms in total. The predicted molar refractivity (Wildman–Crippen MR) is 86.3 cm³/mol. The molecule has 0 fully saturated rings. The van der Waals surface area contributed by atoms with E-state index in [0.29, 0.717) is 11.7 Å². The van der Waals surface area contributed by atoms with Crippen molar-refractivity contribution in [2.24, 2.45) is 0 Å². The lowest BCUT2D eigenvalue weighted by molar-refractivity contribution is 0.145. The molecule has 0 spiro atoms. The van der Waals surface area contributed by atoms with Gasteiger partial charge in [0, 0.05) is 26.3 Å². The van der Waals surface area contributed by atoms with Gasteiger partial charge in [0.25, 0.3) is 0 Å². The molecule has 0 aromatic heterocycles. The normalized spacial score (nSPS) is 10.1. The van der Waals surface area contributed by atoms with E-state index in [4.69, 9.17) is 21.7 Å². The Kier molecular flexibility index (Phi) is 9.61. The SMILES string of the molecule is CCOCCCNC(=S)NCCCOc1ccccc1. The molecule has 0 bridgehead atoms. The minimum absolute atomic E-state index is 0.684. The molecule has 1 aromatic carbocycles. The molecule has 0 saturated heterocycles. The largest absolute Gasteiger partial charge is 0.494 e. The lowest BCUT2D eigenvalue weighted by atomic mass is 10.3. The van der Waals surface area contributed by atoms with Gasteiger partial charge in [-0.1, -0.05) is 18.2 Å². The van der Waals surface area contributed by atoms with Crippen molar-refractivity contribution in [3.8, 4) is 5.75 Å². The van der Waals surface area contributed by atoms with Gasteiger partial charge in [-0.25, -0.2) is 0 Å². The zero-order valence-corrected chi connectivity index (χ0v) is 12.9. The van der Waals surface area contributed by atoms with Gasteiger partial charge in [0.15, 0.2) is 5.11 Å². The molecule has 2 N–H and O–H groups in total. The Morgan fingerprint density at radius 1 is 1.05 bits per heavy atom. The van der Waals surface area contributed by atoms with Crippen molar-refractivity contribution in [1.29, 1.82) is 0 Å². The van der Waals surface area contributed by atoms with E-state index in [-0.39, 0.29) is 0 Å². The molecule has 1 rings (SSSR count). The van der Waals surface area contributed by atoms with Crippen LogP contribution < -0.4 is 15.4 Å². The summed E-state index contributed by atoms with van der Waals surface area (Å²) < 4.78 is 10.8. The summed E-state index contributed by atoms with van der Waals surface area (Å²) in [5, 5.41) is 7.00. The van der Waals surface area contributed by atoms with Gasteiger partial charge in [0.05, 0.1) is 6.61 Å². The minimum Gasteiger partial charge on any atom is -0.494 e. The Labute approximate surface area is 126 Å². The summed E-state index contributed by atoms with van der Waals surface area (Å²) in [6.45, 7) is 5.87. The van der Waals surface area contributed by atoms with Crippen LogP contribution in [0.4, 0.5) is 0 Å². The molecule has 20 heavy (non-hydrogen) atoms. The van der Waals surface area contributed by atoms with Crippen molar-refractivity contribution in [3.05, 3.63) is 30.3 Å². The molecule has 0 atom stereocenters. The van der Waals surface area contributed by atoms with Crippen LogP contribution in [-0.2, 0) is 4.74 Å². The molecule has 5 heteroatoms. The monoisotopic (exact) mass is 296 g/mol. The predicted octanol–water partition coefficient (Wildman–Crippen LogP) is 2.35. The van der Waals surface area contributed by atoms with Gasteiger partial charge in [-0.15, -0.1) is 0 Å². The van der Waals surface area contributed by atoms with Crippen LogP contribution in [-0.4, -0.2) is 38.0 Å². The van der Waals surface area contributed by atoms with Gasteiger partial charge < -0.3 is 20.1 Å². The second kappa shape index (κ2) is 11.5. The fraction of sp³-hybridized carbons (Fsp3) is 0.533. The highest BCUT2D eigenvalue weighted by atomic mass is 32.1. The Bertz CT molecular complexity index is 360. The van der Waals surface area contributed by atoms with Crippen molar-refractivity contribution in [1.82, 2.24) is 10.6 Å². The summed E-state index contributed by atoms with van der Waals surface area (Å²) in [4.78, 5) is 0. The summed E-state index contributed by atoms with van der Waals surface area (Å²) in [5.74, 6) is 0.907. The Morgan fingerprint density at radius 2 is 1.70 bits per heavy atom. The van der Waals surface area contributed by atoms with Crippen molar-refractivity contribution >= 4 is 17.3 Å². The average molecular weight is 296 g/mol. The van der Waals surface area contributed by atoms with Crippen LogP contribution in [0.5, 0.6) is 5.75 Å². The first kappa shape index (κ1) is 16.7. The molecule has 0 aliphatic heterocycles. The third-order valence-electron chi connectivity index (χ3n) is 2.57. The van der Waals surface area contributed by atoms with Crippen molar-refractivity contribution in [3.63, 3.8) is 0 Å². The maximum Gasteiger partial charge on any atom is 0.166 e. The molecule has 0 aliphatic rings. The summed E-state index contributed by atoms with van der Waals surface area (Å²) in [6, 6.07) is 9.82. The highest BCUT2D eigenvalue weighted by Crippen LogP contribution is 2.07. The third-order valence-corrected chi connectivity index (χ3v) is 2.86. The standard InChI is InChI=1S/C15H24N2O2S/c1-2-18-12-6-10-16-15(20)17-11-7-13-19-14-8-4-3-5-9-14/h3-5,8-9H,2,6-7,10-13H2,1H3,(H2,16,17,20). The van der Waals surface area contributed by atoms with Crippen LogP contribution in [0.25, 0.3) is 0 Å². The molecule has 1 aromatic rings. The topological polar surface area (TPSA) is 42.5 Å². The number of rotatable bonds is 10. The Hall–Kier alpha value is -1.33. The Balaban J connectivity index is 1.91. The van der Waals surface area contributed by atoms with Crippen LogP contribution in [0, 0.1) is 0 Å². The second-order valence-corrected chi connectivity index (χ2v) is 4.66. The zero-order chi connectivity index (χ0) is 14.5. The maximum absolute atomic E-state index is 5.59. The van der Waals surface area contributed by atoms with E-state index in [1.165, 1.54) is 0 Å². The van der Waals surface area contributed by atoms with Crippen molar-refractivity contribution < 1.29 is 9.47 Å². The minimum atomic E-state index is 0.684. The van der Waals surface area contributed by atoms with E-state index in [1.54, 1.807) is 0 Å². The molecule has 0 aliphatic carbocycles. The molecule has 112 valence electrons. The van der Waals surface area contributed by atoms with Crippen LogP contribution in [0.15, 0.2) is 30.3 Å². The van der Waals surface area contributed by atoms with Crippen molar-refractivity contribution in [2.45, 2.75) is 19.8 Å². The first-order valence-corrected chi connectivity index (χ1v) is 7.51. The molecule has 0 amide bonds. The van der Waals surface area contributed by atoms with Crippen LogP contribution >= 0.6 is 12.2 Å². The van der Waals surface area contributed by atoms with Crippen LogP contribution in [0.1, 0.15) is 19.8 Å². The summed E-state index contributed by atoms with van der Waals surface area (Å²) >= 11 is 5.17. The highest BCUT2D eigenvalue weighted by Gasteiger charge is 1.95. The lowest BCUT2D eigenvalue weighted by Crippen LogP contribution is -2.36. The van der Waals surface area contributed by atoms with Gasteiger partial charge >= 0.3 is 0 Å². The summed E-state index contributed by atoms with van der Waals surface area (Å²) in [7, 11) is 0. The van der Waals surface area contributed by atoms with Gasteiger partial charge in [-0.2, -0.15) is 0 Å². The number of hydrogen-bond acceptors (Lipinski definition) is 3. The number of para-hydroxylation sites is 1. The third kappa shape index (κ3) is 8.72. The first-order chi connectivity index (χ1) is 9.83. The summed E-state index contributed by atoms with van der Waals surface area (Å²) in [6.07, 6.45) is 1.88. The van der Waals surface area contributed by atoms with E-state index >= 15 is 0 Å². The molecular weight excluding hydrogens is 272 g/mol. The number of benzene rings is 1. The quantitative estimate of drug-likeness (QED) is 0.512. The molecule has 0 radical (unpaired) electrons. The fourth-order valence-corrected chi connectivity index (χ4v) is 1.77. The van der Waals surface area contributed by atoms with Gasteiger partial charge in [0.1, 0.15) is 5.75 Å². The number of nitrogens with one attached hydrogen (secondary N) is 2. The van der Waals surface area contributed by atoms with E-state index in [9.17, 15) is 0 Å². The van der Waals surface area contributed by atoms with Gasteiger partial charge in [0.2, 0.25) is 0 Å². The number of thiocarbonyl (C=S) groups is 1. The van der Waals surface area contributed by atoms with E-state index in [0.717, 1.165) is 44.9 Å². The summed E-state index contributed by atoms with van der Waals surface area (Å²) in [5.41, 5.74) is 0. The van der Waals surface area contributed by atoms with Crippen LogP contribution in [0.3, 0.4) is 0 Å². The molecule has 0 unspecified atom stereocenters. The zero-order valence-electron chi connectivity index (χ0n) is 12.1. The number of hydrogen-bond donors (Lipinski definition) is 2. The van der Waals surface area contributed by atoms with Crippen LogP contribution in [0.2, 0.25) is 0 Å². The Morgan fingerprint density at radius 3 is 2.35 bits per heavy atom. The second-order valence-electron chi connectivity index (χ2n) is 4.25. The van der Waals surface area contributed by atoms with E-state index < -0.39 is 0 Å². The molecule has 0 saturated carbocycles. The first-order valence-electron chi connectivity index (χ1n) is 7.10. The van der Waals surface area contributed by atoms with Gasteiger partial charge in [-0.3, -0.25) is 0 Å². The van der Waals surface area contributed by atoms with Gasteiger partial charge in [-0.05, 0) is 44.1 Å². The highest BCUT2D eigenvalue weighted by molar-refractivity contribution is 7.80. The average Bonchev–Trinajstić information content (AvgIpc) is 2.48. The van der Waals surface area contributed by atoms with E-state index in [2.05, 4.69) is 10.6 Å². The smallest absolute Gasteiger partial charge is 0.166 e.